The van der Waals surface area contributed by atoms with Crippen LogP contribution in [0.2, 0.25) is 0 Å². The molecule has 5 saturated carbocycles. The van der Waals surface area contributed by atoms with Crippen LogP contribution in [0.5, 0.6) is 0 Å². The van der Waals surface area contributed by atoms with Gasteiger partial charge in [-0.3, -0.25) is 4.79 Å². The first-order chi connectivity index (χ1) is 18.1. The summed E-state index contributed by atoms with van der Waals surface area (Å²) in [5.41, 5.74) is 1.46. The lowest BCUT2D eigenvalue weighted by atomic mass is 9.46. The van der Waals surface area contributed by atoms with Crippen LogP contribution in [0, 0.1) is 76.9 Å². The van der Waals surface area contributed by atoms with Crippen molar-refractivity contribution in [2.45, 2.75) is 126 Å². The minimum atomic E-state index is -0.199. The topological polar surface area (TPSA) is 76.0 Å². The summed E-state index contributed by atoms with van der Waals surface area (Å²) in [7, 11) is 1.00. The number of hydrogen-bond acceptors (Lipinski definition) is 5. The third kappa shape index (κ3) is 4.83. The van der Waals surface area contributed by atoms with Gasteiger partial charge in [0.15, 0.2) is 0 Å². The van der Waals surface area contributed by atoms with Crippen molar-refractivity contribution in [3.8, 4) is 25.7 Å². The van der Waals surface area contributed by atoms with Gasteiger partial charge in [-0.15, -0.1) is 25.7 Å². The predicted octanol–water partition coefficient (Wildman–Crippen LogP) is 6.74. The minimum Gasteiger partial charge on any atom is -0.463 e. The van der Waals surface area contributed by atoms with E-state index in [0.29, 0.717) is 40.8 Å². The van der Waals surface area contributed by atoms with Crippen LogP contribution in [-0.4, -0.2) is 48.2 Å². The average molecular weight is 561 g/mol. The lowest BCUT2D eigenvalue weighted by Gasteiger charge is -2.59. The van der Waals surface area contributed by atoms with Crippen molar-refractivity contribution in [2.75, 3.05) is 13.7 Å². The second-order valence-corrected chi connectivity index (χ2v) is 13.5. The van der Waals surface area contributed by atoms with Gasteiger partial charge < -0.3 is 19.7 Å². The van der Waals surface area contributed by atoms with Crippen LogP contribution >= 0.6 is 0 Å². The van der Waals surface area contributed by atoms with Crippen LogP contribution < -0.4 is 0 Å². The lowest BCUT2D eigenvalue weighted by molar-refractivity contribution is -0.154. The summed E-state index contributed by atoms with van der Waals surface area (Å²) in [5.74, 6) is 3.57. The standard InChI is InChI=1S/C28H44O4.2C2H2.CH4O.2CH4/c1-16-27-13-12-26(5)20-7-6-18(15-31-17(2)29)32-22(20)14-21(26)19(27)8-9-23-25(3,4)24(30)10-11-28(16,23)27;3*1-2;;/h16,18-24,30H,6-15H2,1-5H3;2*1-2H;2H,1H3;2*1H4/t16-,18?,19-,20?,21?,22?,23?,24-,26+,27-,28?;;;;;/m0...../s1. The Balaban J connectivity index is 0.000000941. The third-order valence-corrected chi connectivity index (χ3v) is 12.8. The number of fused-ring (bicyclic) bond motifs is 4. The number of aliphatic hydroxyl groups is 2. The monoisotopic (exact) mass is 560 g/mol. The van der Waals surface area contributed by atoms with Crippen molar-refractivity contribution < 1.29 is 24.5 Å². The fourth-order valence-electron chi connectivity index (χ4n) is 11.4. The summed E-state index contributed by atoms with van der Waals surface area (Å²) >= 11 is 0. The van der Waals surface area contributed by atoms with E-state index >= 15 is 0 Å². The summed E-state index contributed by atoms with van der Waals surface area (Å²) in [6.07, 6.45) is 27.4. The Morgan fingerprint density at radius 1 is 0.875 bits per heavy atom. The van der Waals surface area contributed by atoms with Gasteiger partial charge in [0.2, 0.25) is 0 Å². The smallest absolute Gasteiger partial charge is 0.302 e. The van der Waals surface area contributed by atoms with E-state index in [1.807, 2.05) is 0 Å². The first-order valence-electron chi connectivity index (χ1n) is 14.7. The van der Waals surface area contributed by atoms with Crippen LogP contribution in [0.4, 0.5) is 0 Å². The zero-order chi connectivity index (χ0) is 28.7. The van der Waals surface area contributed by atoms with Crippen molar-refractivity contribution in [3.63, 3.8) is 0 Å². The molecule has 40 heavy (non-hydrogen) atoms. The van der Waals surface area contributed by atoms with E-state index in [1.165, 1.54) is 51.9 Å². The molecule has 0 bridgehead atoms. The predicted molar refractivity (Wildman–Crippen MR) is 164 cm³/mol. The molecule has 0 aromatic rings. The number of aliphatic hydroxyl groups excluding tert-OH is 2. The normalized spacial score (nSPS) is 46.1. The molecule has 11 atom stereocenters. The molecular formula is C35H60O5. The summed E-state index contributed by atoms with van der Waals surface area (Å²) in [4.78, 5) is 11.3. The van der Waals surface area contributed by atoms with Gasteiger partial charge in [0, 0.05) is 14.0 Å². The first kappa shape index (κ1) is 36.5. The maximum Gasteiger partial charge on any atom is 0.302 e. The molecule has 6 rings (SSSR count). The zero-order valence-electron chi connectivity index (χ0n) is 24.6. The SMILES string of the molecule is C.C.C#C.C#C.CC(=O)OCC1CCC2C(CC3[C@@H]4CCC5C(C)(C)[C@@H](O)CCC56[C@@H](C)[C@@]46CC[C@]23C)O1.CO. The van der Waals surface area contributed by atoms with Crippen molar-refractivity contribution >= 4 is 5.97 Å². The van der Waals surface area contributed by atoms with E-state index in [-0.39, 0.29) is 38.4 Å². The van der Waals surface area contributed by atoms with Crippen molar-refractivity contribution in [2.24, 2.45) is 51.2 Å². The second-order valence-electron chi connectivity index (χ2n) is 13.5. The third-order valence-electron chi connectivity index (χ3n) is 12.8. The first-order valence-corrected chi connectivity index (χ1v) is 14.7. The highest BCUT2D eigenvalue weighted by Crippen LogP contribution is 2.89. The van der Waals surface area contributed by atoms with E-state index in [4.69, 9.17) is 14.6 Å². The zero-order valence-corrected chi connectivity index (χ0v) is 24.6. The molecule has 2 spiro atoms. The molecule has 0 amide bonds. The average Bonchev–Trinajstić information content (AvgIpc) is 3.31. The van der Waals surface area contributed by atoms with Gasteiger partial charge in [0.05, 0.1) is 18.3 Å². The largest absolute Gasteiger partial charge is 0.463 e. The minimum absolute atomic E-state index is 0. The maximum atomic E-state index is 11.3. The maximum absolute atomic E-state index is 11.3. The molecule has 2 N–H and O–H groups in total. The number of rotatable bonds is 2. The van der Waals surface area contributed by atoms with Crippen molar-refractivity contribution in [1.29, 1.82) is 0 Å². The van der Waals surface area contributed by atoms with Crippen LogP contribution in [-0.2, 0) is 14.3 Å². The van der Waals surface area contributed by atoms with Crippen LogP contribution in [0.1, 0.15) is 107 Å². The summed E-state index contributed by atoms with van der Waals surface area (Å²) in [5, 5.41) is 17.9. The molecule has 6 aliphatic rings. The second kappa shape index (κ2) is 13.2. The molecule has 1 heterocycles. The molecule has 6 fully saturated rings. The fraction of sp³-hybridized carbons (Fsp3) is 0.857. The number of carbonyl (C=O) groups excluding carboxylic acids is 1. The van der Waals surface area contributed by atoms with E-state index in [2.05, 4.69) is 53.4 Å². The van der Waals surface area contributed by atoms with Gasteiger partial charge in [-0.05, 0) is 109 Å². The summed E-state index contributed by atoms with van der Waals surface area (Å²) < 4.78 is 11.9. The Morgan fingerprint density at radius 3 is 2.08 bits per heavy atom. The summed E-state index contributed by atoms with van der Waals surface area (Å²) in [6.45, 7) is 11.8. The number of hydrogen-bond donors (Lipinski definition) is 2. The quantitative estimate of drug-likeness (QED) is 0.289. The van der Waals surface area contributed by atoms with Crippen LogP contribution in [0.25, 0.3) is 0 Å². The van der Waals surface area contributed by atoms with Crippen LogP contribution in [0.15, 0.2) is 0 Å². The van der Waals surface area contributed by atoms with Gasteiger partial charge in [-0.1, -0.05) is 42.5 Å². The number of esters is 1. The number of terminal acetylenes is 2. The molecule has 1 aliphatic heterocycles. The molecule has 1 saturated heterocycles. The Morgan fingerprint density at radius 2 is 1.48 bits per heavy atom. The molecule has 0 aromatic carbocycles. The molecule has 5 heteroatoms. The molecule has 0 radical (unpaired) electrons. The van der Waals surface area contributed by atoms with Crippen molar-refractivity contribution in [1.82, 2.24) is 0 Å². The van der Waals surface area contributed by atoms with E-state index in [0.717, 1.165) is 37.7 Å². The highest BCUT2D eigenvalue weighted by atomic mass is 16.6. The Kier molecular flexibility index (Phi) is 12.0. The summed E-state index contributed by atoms with van der Waals surface area (Å²) in [6, 6.07) is 0. The Labute approximate surface area is 246 Å². The van der Waals surface area contributed by atoms with E-state index in [1.54, 1.807) is 0 Å². The van der Waals surface area contributed by atoms with Crippen LogP contribution in [0.3, 0.4) is 0 Å². The molecular weight excluding hydrogens is 500 g/mol. The highest BCUT2D eigenvalue weighted by molar-refractivity contribution is 5.65. The van der Waals surface area contributed by atoms with E-state index in [9.17, 15) is 9.90 Å². The van der Waals surface area contributed by atoms with Gasteiger partial charge in [-0.2, -0.15) is 0 Å². The molecule has 6 unspecified atom stereocenters. The van der Waals surface area contributed by atoms with Gasteiger partial charge in [-0.25, -0.2) is 0 Å². The van der Waals surface area contributed by atoms with Gasteiger partial charge in [0.25, 0.3) is 0 Å². The Hall–Kier alpha value is -1.53. The van der Waals surface area contributed by atoms with Crippen molar-refractivity contribution in [3.05, 3.63) is 0 Å². The fourth-order valence-corrected chi connectivity index (χ4v) is 11.4. The highest BCUT2D eigenvalue weighted by Gasteiger charge is 2.84. The number of ether oxygens (including phenoxy) is 2. The van der Waals surface area contributed by atoms with Gasteiger partial charge >= 0.3 is 5.97 Å². The Bertz CT molecular complexity index is 887. The van der Waals surface area contributed by atoms with Gasteiger partial charge in [0.1, 0.15) is 6.61 Å². The van der Waals surface area contributed by atoms with E-state index < -0.39 is 0 Å². The molecule has 5 nitrogen and oxygen atoms in total. The molecule has 5 aliphatic carbocycles. The lowest BCUT2D eigenvalue weighted by Crippen LogP contribution is -2.54. The molecule has 0 aromatic heterocycles. The molecule has 230 valence electrons. The number of carbonyl (C=O) groups is 1.